The number of amides is 1. The first-order valence-corrected chi connectivity index (χ1v) is 13.9. The minimum Gasteiger partial charge on any atom is -0.508 e. The van der Waals surface area contributed by atoms with Gasteiger partial charge in [0.05, 0.1) is 6.04 Å². The van der Waals surface area contributed by atoms with Crippen LogP contribution in [0.2, 0.25) is 0 Å². The summed E-state index contributed by atoms with van der Waals surface area (Å²) in [7, 11) is 0. The first-order valence-electron chi connectivity index (χ1n) is 13.9. The van der Waals surface area contributed by atoms with Crippen LogP contribution in [0.4, 0.5) is 0 Å². The Morgan fingerprint density at radius 2 is 1.64 bits per heavy atom. The summed E-state index contributed by atoms with van der Waals surface area (Å²) in [6, 6.07) is 17.3. The third-order valence-electron chi connectivity index (χ3n) is 8.47. The molecule has 1 amide bonds. The number of hydrogen-bond donors (Lipinski definition) is 2. The molecule has 5 rings (SSSR count). The van der Waals surface area contributed by atoms with Crippen LogP contribution < -0.4 is 5.32 Å². The van der Waals surface area contributed by atoms with E-state index in [2.05, 4.69) is 39.9 Å². The molecule has 2 aliphatic heterocycles. The van der Waals surface area contributed by atoms with Gasteiger partial charge in [-0.15, -0.1) is 6.58 Å². The van der Waals surface area contributed by atoms with Crippen molar-refractivity contribution in [1.82, 2.24) is 15.1 Å². The van der Waals surface area contributed by atoms with Gasteiger partial charge in [-0.3, -0.25) is 14.6 Å². The zero-order valence-corrected chi connectivity index (χ0v) is 21.4. The third-order valence-corrected chi connectivity index (χ3v) is 8.47. The van der Waals surface area contributed by atoms with Gasteiger partial charge in [0.1, 0.15) is 5.75 Å². The number of likely N-dealkylation sites (tertiary alicyclic amines) is 1. The van der Waals surface area contributed by atoms with Gasteiger partial charge in [-0.05, 0) is 61.1 Å². The second-order valence-corrected chi connectivity index (χ2v) is 11.0. The molecule has 5 nitrogen and oxygen atoms in total. The van der Waals surface area contributed by atoms with Crippen molar-refractivity contribution in [2.75, 3.05) is 19.6 Å². The third kappa shape index (κ3) is 5.68. The first kappa shape index (κ1) is 25.0. The number of piperidine rings is 1. The maximum atomic E-state index is 13.0. The average molecular weight is 488 g/mol. The van der Waals surface area contributed by atoms with Crippen LogP contribution in [-0.2, 0) is 0 Å². The molecule has 2 N–H and O–H groups in total. The van der Waals surface area contributed by atoms with E-state index in [9.17, 15) is 9.90 Å². The standard InChI is InChI=1S/C31H41N3O2/c1-2-19-34-27-12-8-13-28(34)22-33(21-27)30(25-9-7-14-29(35)20-25)23-15-17-24(18-16-23)31(36)32-26-10-5-3-4-6-11-26/h2,7,9,14-18,20,26-28,30,35H,1,3-6,8,10-13,19,21-22H2,(H,32,36). The Morgan fingerprint density at radius 1 is 0.944 bits per heavy atom. The van der Waals surface area contributed by atoms with E-state index in [-0.39, 0.29) is 11.9 Å². The predicted octanol–water partition coefficient (Wildman–Crippen LogP) is 5.66. The molecule has 2 saturated heterocycles. The summed E-state index contributed by atoms with van der Waals surface area (Å²) >= 11 is 0. The van der Waals surface area contributed by atoms with Gasteiger partial charge in [0.15, 0.2) is 0 Å². The largest absolute Gasteiger partial charge is 0.508 e. The maximum absolute atomic E-state index is 13.0. The summed E-state index contributed by atoms with van der Waals surface area (Å²) in [5.74, 6) is 0.331. The van der Waals surface area contributed by atoms with Crippen LogP contribution in [0.25, 0.3) is 0 Å². The van der Waals surface area contributed by atoms with Crippen molar-refractivity contribution < 1.29 is 9.90 Å². The highest BCUT2D eigenvalue weighted by molar-refractivity contribution is 5.94. The zero-order valence-electron chi connectivity index (χ0n) is 21.4. The minimum absolute atomic E-state index is 0.0370. The summed E-state index contributed by atoms with van der Waals surface area (Å²) in [6.45, 7) is 6.93. The molecule has 1 aliphatic carbocycles. The summed E-state index contributed by atoms with van der Waals surface area (Å²) in [5, 5.41) is 13.6. The smallest absolute Gasteiger partial charge is 0.251 e. The quantitative estimate of drug-likeness (QED) is 0.391. The SMILES string of the molecule is C=CCN1C2CCCC1CN(C(c1ccc(C(=O)NC3CCCCCC3)cc1)c1cccc(O)c1)C2. The lowest BCUT2D eigenvalue weighted by Gasteiger charge is -2.52. The number of phenolic OH excluding ortho intramolecular Hbond substituents is 1. The van der Waals surface area contributed by atoms with Crippen LogP contribution in [0.3, 0.4) is 0 Å². The molecule has 0 spiro atoms. The highest BCUT2D eigenvalue weighted by Crippen LogP contribution is 2.37. The van der Waals surface area contributed by atoms with Gasteiger partial charge in [0, 0.05) is 43.3 Å². The number of nitrogens with zero attached hydrogens (tertiary/aromatic N) is 2. The van der Waals surface area contributed by atoms with Crippen LogP contribution in [-0.4, -0.2) is 58.6 Å². The van der Waals surface area contributed by atoms with Crippen molar-refractivity contribution in [3.63, 3.8) is 0 Å². The van der Waals surface area contributed by atoms with Gasteiger partial charge in [0.2, 0.25) is 0 Å². The lowest BCUT2D eigenvalue weighted by molar-refractivity contribution is -0.0128. The number of carbonyl (C=O) groups is 1. The summed E-state index contributed by atoms with van der Waals surface area (Å²) in [6.07, 6.45) is 12.9. The fourth-order valence-electron chi connectivity index (χ4n) is 6.70. The van der Waals surface area contributed by atoms with E-state index in [1.54, 1.807) is 6.07 Å². The van der Waals surface area contributed by atoms with E-state index in [1.165, 1.54) is 50.5 Å². The molecule has 3 atom stereocenters. The van der Waals surface area contributed by atoms with Crippen LogP contribution in [0.5, 0.6) is 5.75 Å². The number of nitrogens with one attached hydrogen (secondary N) is 1. The van der Waals surface area contributed by atoms with Crippen LogP contribution >= 0.6 is 0 Å². The average Bonchev–Trinajstić information content (AvgIpc) is 3.14. The second-order valence-electron chi connectivity index (χ2n) is 11.0. The molecule has 2 bridgehead atoms. The number of rotatable bonds is 7. The molecular formula is C31H41N3O2. The normalized spacial score (nSPS) is 24.6. The number of carbonyl (C=O) groups excluding carboxylic acids is 1. The van der Waals surface area contributed by atoms with E-state index in [4.69, 9.17) is 0 Å². The topological polar surface area (TPSA) is 55.8 Å². The second kappa shape index (κ2) is 11.6. The highest BCUT2D eigenvalue weighted by atomic mass is 16.3. The van der Waals surface area contributed by atoms with Gasteiger partial charge >= 0.3 is 0 Å². The Kier molecular flexibility index (Phi) is 8.08. The summed E-state index contributed by atoms with van der Waals surface area (Å²) in [5.41, 5.74) is 2.99. The number of benzene rings is 2. The van der Waals surface area contributed by atoms with Crippen molar-refractivity contribution in [3.05, 3.63) is 77.9 Å². The molecule has 3 unspecified atom stereocenters. The van der Waals surface area contributed by atoms with E-state index in [0.29, 0.717) is 23.9 Å². The van der Waals surface area contributed by atoms with Gasteiger partial charge in [-0.2, -0.15) is 0 Å². The fourth-order valence-corrected chi connectivity index (χ4v) is 6.70. The van der Waals surface area contributed by atoms with Crippen LogP contribution in [0.15, 0.2) is 61.2 Å². The molecule has 36 heavy (non-hydrogen) atoms. The Balaban J connectivity index is 1.38. The zero-order chi connectivity index (χ0) is 24.9. The number of phenols is 1. The number of aromatic hydroxyl groups is 1. The molecule has 192 valence electrons. The van der Waals surface area contributed by atoms with Gasteiger partial charge < -0.3 is 10.4 Å². The Hall–Kier alpha value is -2.63. The van der Waals surface area contributed by atoms with Crippen molar-refractivity contribution in [3.8, 4) is 5.75 Å². The first-order chi connectivity index (χ1) is 17.6. The van der Waals surface area contributed by atoms with Gasteiger partial charge in [-0.25, -0.2) is 0 Å². The molecular weight excluding hydrogens is 446 g/mol. The van der Waals surface area contributed by atoms with Gasteiger partial charge in [0.25, 0.3) is 5.91 Å². The Bertz CT molecular complexity index is 1010. The molecule has 5 heteroatoms. The molecule has 2 aromatic rings. The molecule has 3 fully saturated rings. The molecule has 0 radical (unpaired) electrons. The summed E-state index contributed by atoms with van der Waals surface area (Å²) in [4.78, 5) is 18.2. The van der Waals surface area contributed by atoms with Crippen molar-refractivity contribution >= 4 is 5.91 Å². The minimum atomic E-state index is 0.0370. The lowest BCUT2D eigenvalue weighted by atomic mass is 9.87. The Labute approximate surface area is 216 Å². The Morgan fingerprint density at radius 3 is 2.28 bits per heavy atom. The molecule has 1 saturated carbocycles. The highest BCUT2D eigenvalue weighted by Gasteiger charge is 2.39. The molecule has 2 heterocycles. The van der Waals surface area contributed by atoms with Crippen LogP contribution in [0.1, 0.15) is 85.3 Å². The number of fused-ring (bicyclic) bond motifs is 2. The van der Waals surface area contributed by atoms with E-state index >= 15 is 0 Å². The molecule has 3 aliphatic rings. The molecule has 2 aromatic carbocycles. The summed E-state index contributed by atoms with van der Waals surface area (Å²) < 4.78 is 0. The van der Waals surface area contributed by atoms with Crippen molar-refractivity contribution in [2.24, 2.45) is 0 Å². The number of piperazine rings is 1. The molecule has 0 aromatic heterocycles. The number of hydrogen-bond acceptors (Lipinski definition) is 4. The van der Waals surface area contributed by atoms with E-state index < -0.39 is 0 Å². The predicted molar refractivity (Wildman–Crippen MR) is 145 cm³/mol. The maximum Gasteiger partial charge on any atom is 0.251 e. The monoisotopic (exact) mass is 487 g/mol. The van der Waals surface area contributed by atoms with Crippen molar-refractivity contribution in [2.45, 2.75) is 82.0 Å². The van der Waals surface area contributed by atoms with E-state index in [0.717, 1.165) is 43.6 Å². The fraction of sp³-hybridized carbons (Fsp3) is 0.516. The van der Waals surface area contributed by atoms with Crippen LogP contribution in [0, 0.1) is 0 Å². The van der Waals surface area contributed by atoms with Crippen molar-refractivity contribution in [1.29, 1.82) is 0 Å². The lowest BCUT2D eigenvalue weighted by Crippen LogP contribution is -2.61. The van der Waals surface area contributed by atoms with Gasteiger partial charge in [-0.1, -0.05) is 62.4 Å². The van der Waals surface area contributed by atoms with E-state index in [1.807, 2.05) is 30.3 Å².